The summed E-state index contributed by atoms with van der Waals surface area (Å²) in [5.74, 6) is -0.293. The molecule has 120 valence electrons. The smallest absolute Gasteiger partial charge is 0.269 e. The van der Waals surface area contributed by atoms with Crippen molar-refractivity contribution >= 4 is 17.5 Å². The van der Waals surface area contributed by atoms with E-state index in [1.54, 1.807) is 24.1 Å². The Bertz CT molecular complexity index is 538. The lowest BCUT2D eigenvalue weighted by atomic mass is 10.1. The molecule has 0 aliphatic carbocycles. The molecule has 0 aliphatic heterocycles. The second-order valence-electron chi connectivity index (χ2n) is 4.92. The Hall–Kier alpha value is -2.44. The summed E-state index contributed by atoms with van der Waals surface area (Å²) >= 11 is 0. The highest BCUT2D eigenvalue weighted by atomic mass is 16.6. The third kappa shape index (κ3) is 4.83. The number of hydrogen-bond donors (Lipinski definition) is 0. The van der Waals surface area contributed by atoms with Crippen LogP contribution in [0.15, 0.2) is 24.3 Å². The van der Waals surface area contributed by atoms with Crippen LogP contribution in [0.3, 0.4) is 0 Å². The molecule has 2 amide bonds. The Balaban J connectivity index is 2.60. The van der Waals surface area contributed by atoms with Gasteiger partial charge in [-0.3, -0.25) is 19.7 Å². The molecular formula is C15H21N3O4. The van der Waals surface area contributed by atoms with Crippen LogP contribution in [-0.4, -0.2) is 53.2 Å². The lowest BCUT2D eigenvalue weighted by Crippen LogP contribution is -2.41. The highest BCUT2D eigenvalue weighted by molar-refractivity contribution is 5.85. The summed E-state index contributed by atoms with van der Waals surface area (Å²) in [7, 11) is 1.58. The fourth-order valence-electron chi connectivity index (χ4n) is 2.01. The maximum absolute atomic E-state index is 12.1. The van der Waals surface area contributed by atoms with E-state index in [1.807, 2.05) is 13.8 Å². The van der Waals surface area contributed by atoms with Gasteiger partial charge in [-0.15, -0.1) is 0 Å². The van der Waals surface area contributed by atoms with E-state index in [1.165, 1.54) is 17.0 Å². The third-order valence-corrected chi connectivity index (χ3v) is 3.42. The Morgan fingerprint density at radius 3 is 2.09 bits per heavy atom. The monoisotopic (exact) mass is 307 g/mol. The fraction of sp³-hybridized carbons (Fsp3) is 0.467. The molecule has 1 aromatic carbocycles. The number of amides is 2. The van der Waals surface area contributed by atoms with E-state index in [9.17, 15) is 19.7 Å². The minimum Gasteiger partial charge on any atom is -0.342 e. The molecule has 0 saturated carbocycles. The average molecular weight is 307 g/mol. The number of benzene rings is 1. The topological polar surface area (TPSA) is 83.8 Å². The fourth-order valence-corrected chi connectivity index (χ4v) is 2.01. The predicted molar refractivity (Wildman–Crippen MR) is 82.4 cm³/mol. The molecule has 0 N–H and O–H groups in total. The Morgan fingerprint density at radius 2 is 1.64 bits per heavy atom. The normalized spacial score (nSPS) is 10.1. The van der Waals surface area contributed by atoms with Gasteiger partial charge in [0.15, 0.2) is 0 Å². The molecule has 0 heterocycles. The lowest BCUT2D eigenvalue weighted by Gasteiger charge is -2.23. The van der Waals surface area contributed by atoms with Gasteiger partial charge in [-0.25, -0.2) is 0 Å². The number of hydrogen-bond acceptors (Lipinski definition) is 4. The van der Waals surface area contributed by atoms with Gasteiger partial charge in [0.05, 0.1) is 17.9 Å². The number of carbonyl (C=O) groups is 2. The molecule has 1 rings (SSSR count). The minimum atomic E-state index is -0.486. The molecule has 0 radical (unpaired) electrons. The summed E-state index contributed by atoms with van der Waals surface area (Å²) in [6.07, 6.45) is 0.111. The van der Waals surface area contributed by atoms with E-state index in [-0.39, 0.29) is 30.5 Å². The molecule has 7 heteroatoms. The van der Waals surface area contributed by atoms with Gasteiger partial charge in [0.25, 0.3) is 5.69 Å². The van der Waals surface area contributed by atoms with Gasteiger partial charge in [0, 0.05) is 32.3 Å². The van der Waals surface area contributed by atoms with Gasteiger partial charge >= 0.3 is 0 Å². The van der Waals surface area contributed by atoms with Gasteiger partial charge in [0.2, 0.25) is 11.8 Å². The molecule has 0 aromatic heterocycles. The summed E-state index contributed by atoms with van der Waals surface area (Å²) in [4.78, 5) is 37.2. The van der Waals surface area contributed by atoms with E-state index >= 15 is 0 Å². The zero-order chi connectivity index (χ0) is 16.7. The molecule has 0 atom stereocenters. The van der Waals surface area contributed by atoms with Crippen LogP contribution in [0.25, 0.3) is 0 Å². The minimum absolute atomic E-state index is 0.0127. The number of nitro benzene ring substituents is 1. The second kappa shape index (κ2) is 8.11. The first-order chi connectivity index (χ1) is 10.4. The third-order valence-electron chi connectivity index (χ3n) is 3.42. The number of likely N-dealkylation sites (N-methyl/N-ethyl adjacent to an activating group) is 2. The molecule has 0 fully saturated rings. The Labute approximate surface area is 129 Å². The Morgan fingerprint density at radius 1 is 1.09 bits per heavy atom. The lowest BCUT2D eigenvalue weighted by molar-refractivity contribution is -0.384. The van der Waals surface area contributed by atoms with Gasteiger partial charge < -0.3 is 9.80 Å². The van der Waals surface area contributed by atoms with Crippen molar-refractivity contribution in [2.45, 2.75) is 20.3 Å². The number of carbonyl (C=O) groups excluding carboxylic acids is 2. The van der Waals surface area contributed by atoms with Crippen molar-refractivity contribution in [2.24, 2.45) is 0 Å². The van der Waals surface area contributed by atoms with E-state index < -0.39 is 4.92 Å². The van der Waals surface area contributed by atoms with E-state index in [4.69, 9.17) is 0 Å². The van der Waals surface area contributed by atoms with Crippen molar-refractivity contribution in [3.05, 3.63) is 39.9 Å². The molecule has 0 aliphatic rings. The number of rotatable bonds is 7. The second-order valence-corrected chi connectivity index (χ2v) is 4.92. The standard InChI is InChI=1S/C15H21N3O4/c1-4-17(5-2)15(20)11-16(3)14(19)10-12-6-8-13(9-7-12)18(21)22/h6-9H,4-5,10-11H2,1-3H3. The van der Waals surface area contributed by atoms with E-state index in [2.05, 4.69) is 0 Å². The first-order valence-electron chi connectivity index (χ1n) is 7.14. The van der Waals surface area contributed by atoms with Crippen LogP contribution in [0.4, 0.5) is 5.69 Å². The van der Waals surface area contributed by atoms with Crippen LogP contribution >= 0.6 is 0 Å². The SMILES string of the molecule is CCN(CC)C(=O)CN(C)C(=O)Cc1ccc([N+](=O)[O-])cc1. The molecular weight excluding hydrogens is 286 g/mol. The zero-order valence-electron chi connectivity index (χ0n) is 13.1. The van der Waals surface area contributed by atoms with Gasteiger partial charge in [-0.2, -0.15) is 0 Å². The van der Waals surface area contributed by atoms with Gasteiger partial charge in [-0.05, 0) is 19.4 Å². The first-order valence-corrected chi connectivity index (χ1v) is 7.14. The Kier molecular flexibility index (Phi) is 6.49. The highest BCUT2D eigenvalue weighted by Gasteiger charge is 2.17. The van der Waals surface area contributed by atoms with E-state index in [0.717, 1.165) is 0 Å². The van der Waals surface area contributed by atoms with Crippen LogP contribution in [0.5, 0.6) is 0 Å². The predicted octanol–water partition coefficient (Wildman–Crippen LogP) is 1.46. The molecule has 22 heavy (non-hydrogen) atoms. The number of nitro groups is 1. The van der Waals surface area contributed by atoms with Crippen molar-refractivity contribution in [2.75, 3.05) is 26.7 Å². The van der Waals surface area contributed by atoms with Crippen molar-refractivity contribution in [1.29, 1.82) is 0 Å². The molecule has 7 nitrogen and oxygen atoms in total. The van der Waals surface area contributed by atoms with Crippen molar-refractivity contribution in [3.63, 3.8) is 0 Å². The van der Waals surface area contributed by atoms with Gasteiger partial charge in [-0.1, -0.05) is 12.1 Å². The molecule has 1 aromatic rings. The zero-order valence-corrected chi connectivity index (χ0v) is 13.1. The molecule has 0 spiro atoms. The van der Waals surface area contributed by atoms with Crippen LogP contribution in [0.2, 0.25) is 0 Å². The summed E-state index contributed by atoms with van der Waals surface area (Å²) in [5.41, 5.74) is 0.666. The summed E-state index contributed by atoms with van der Waals surface area (Å²) in [6, 6.07) is 5.83. The van der Waals surface area contributed by atoms with Crippen LogP contribution < -0.4 is 0 Å². The molecule has 0 saturated heterocycles. The van der Waals surface area contributed by atoms with E-state index in [0.29, 0.717) is 18.7 Å². The highest BCUT2D eigenvalue weighted by Crippen LogP contribution is 2.12. The number of non-ortho nitro benzene ring substituents is 1. The van der Waals surface area contributed by atoms with Crippen LogP contribution in [-0.2, 0) is 16.0 Å². The van der Waals surface area contributed by atoms with Crippen LogP contribution in [0, 0.1) is 10.1 Å². The largest absolute Gasteiger partial charge is 0.342 e. The van der Waals surface area contributed by atoms with Crippen molar-refractivity contribution in [1.82, 2.24) is 9.80 Å². The maximum Gasteiger partial charge on any atom is 0.269 e. The number of nitrogens with zero attached hydrogens (tertiary/aromatic N) is 3. The quantitative estimate of drug-likeness (QED) is 0.564. The summed E-state index contributed by atoms with van der Waals surface area (Å²) in [5, 5.41) is 10.6. The van der Waals surface area contributed by atoms with Crippen molar-refractivity contribution in [3.8, 4) is 0 Å². The average Bonchev–Trinajstić information content (AvgIpc) is 2.48. The summed E-state index contributed by atoms with van der Waals surface area (Å²) in [6.45, 7) is 5.03. The van der Waals surface area contributed by atoms with Crippen LogP contribution in [0.1, 0.15) is 19.4 Å². The summed E-state index contributed by atoms with van der Waals surface area (Å²) < 4.78 is 0. The molecule has 0 bridgehead atoms. The van der Waals surface area contributed by atoms with Crippen molar-refractivity contribution < 1.29 is 14.5 Å². The van der Waals surface area contributed by atoms with Gasteiger partial charge in [0.1, 0.15) is 0 Å². The first kappa shape index (κ1) is 17.6. The molecule has 0 unspecified atom stereocenters. The maximum atomic E-state index is 12.1.